The van der Waals surface area contributed by atoms with Crippen molar-refractivity contribution in [3.05, 3.63) is 33.8 Å². The Morgan fingerprint density at radius 3 is 2.94 bits per heavy atom. The number of aryl methyl sites for hydroxylation is 1. The third kappa shape index (κ3) is 2.47. The Balaban J connectivity index is 2.28. The minimum Gasteiger partial charge on any atom is -0.381 e. The Kier molecular flexibility index (Phi) is 4.00. The molecule has 1 N–H and O–H groups in total. The Labute approximate surface area is 106 Å². The second-order valence-electron chi connectivity index (χ2n) is 4.39. The summed E-state index contributed by atoms with van der Waals surface area (Å²) in [5, 5.41) is 3.43. The molecule has 16 heavy (non-hydrogen) atoms. The van der Waals surface area contributed by atoms with E-state index in [0.29, 0.717) is 12.0 Å². The highest BCUT2D eigenvalue weighted by Crippen LogP contribution is 2.31. The van der Waals surface area contributed by atoms with Crippen LogP contribution in [0.4, 0.5) is 0 Å². The molecule has 0 aromatic heterocycles. The van der Waals surface area contributed by atoms with Crippen LogP contribution in [0.2, 0.25) is 0 Å². The zero-order chi connectivity index (χ0) is 11.5. The van der Waals surface area contributed by atoms with E-state index in [0.717, 1.165) is 24.1 Å². The maximum absolute atomic E-state index is 5.48. The predicted octanol–water partition coefficient (Wildman–Crippen LogP) is 3.05. The number of benzene rings is 1. The molecule has 1 aliphatic heterocycles. The van der Waals surface area contributed by atoms with Crippen molar-refractivity contribution in [3.8, 4) is 0 Å². The molecule has 0 saturated carbocycles. The van der Waals surface area contributed by atoms with Crippen molar-refractivity contribution < 1.29 is 4.74 Å². The van der Waals surface area contributed by atoms with E-state index in [1.165, 1.54) is 11.1 Å². The maximum atomic E-state index is 5.48. The molecule has 88 valence electrons. The highest BCUT2D eigenvalue weighted by molar-refractivity contribution is 9.10. The molecule has 0 amide bonds. The molecule has 1 aromatic carbocycles. The minimum atomic E-state index is 0.403. The van der Waals surface area contributed by atoms with Crippen LogP contribution in [0, 0.1) is 12.8 Å². The highest BCUT2D eigenvalue weighted by atomic mass is 79.9. The first-order chi connectivity index (χ1) is 7.72. The van der Waals surface area contributed by atoms with Gasteiger partial charge in [-0.3, -0.25) is 0 Å². The SMILES string of the molecule is CNC(c1cc(Br)ccc1C)C1CCOC1. The largest absolute Gasteiger partial charge is 0.381 e. The van der Waals surface area contributed by atoms with Crippen molar-refractivity contribution in [2.45, 2.75) is 19.4 Å². The molecule has 3 heteroatoms. The Morgan fingerprint density at radius 1 is 1.50 bits per heavy atom. The van der Waals surface area contributed by atoms with Crippen molar-refractivity contribution in [3.63, 3.8) is 0 Å². The highest BCUT2D eigenvalue weighted by Gasteiger charge is 2.26. The molecule has 2 rings (SSSR count). The summed E-state index contributed by atoms with van der Waals surface area (Å²) in [5.41, 5.74) is 2.72. The van der Waals surface area contributed by atoms with Crippen molar-refractivity contribution in [2.75, 3.05) is 20.3 Å². The van der Waals surface area contributed by atoms with Gasteiger partial charge in [0.25, 0.3) is 0 Å². The van der Waals surface area contributed by atoms with Gasteiger partial charge in [0, 0.05) is 23.0 Å². The molecule has 2 nitrogen and oxygen atoms in total. The molecule has 2 atom stereocenters. The van der Waals surface area contributed by atoms with E-state index in [1.54, 1.807) is 0 Å². The summed E-state index contributed by atoms with van der Waals surface area (Å²) in [6.45, 7) is 3.94. The number of ether oxygens (including phenoxy) is 1. The van der Waals surface area contributed by atoms with Crippen LogP contribution in [-0.4, -0.2) is 20.3 Å². The second kappa shape index (κ2) is 5.30. The third-order valence-corrected chi connectivity index (χ3v) is 3.82. The van der Waals surface area contributed by atoms with Crippen molar-refractivity contribution in [1.29, 1.82) is 0 Å². The van der Waals surface area contributed by atoms with E-state index in [9.17, 15) is 0 Å². The Bertz CT molecular complexity index is 361. The van der Waals surface area contributed by atoms with Gasteiger partial charge in [-0.25, -0.2) is 0 Å². The first-order valence-corrected chi connectivity index (χ1v) is 6.52. The zero-order valence-electron chi connectivity index (χ0n) is 9.79. The molecule has 1 heterocycles. The van der Waals surface area contributed by atoms with Crippen LogP contribution in [0.1, 0.15) is 23.6 Å². The van der Waals surface area contributed by atoms with Gasteiger partial charge in [0.2, 0.25) is 0 Å². The quantitative estimate of drug-likeness (QED) is 0.921. The van der Waals surface area contributed by atoms with E-state index in [2.05, 4.69) is 46.4 Å². The molecule has 1 fully saturated rings. The summed E-state index contributed by atoms with van der Waals surface area (Å²) in [4.78, 5) is 0. The lowest BCUT2D eigenvalue weighted by atomic mass is 9.90. The summed E-state index contributed by atoms with van der Waals surface area (Å²) in [6.07, 6.45) is 1.15. The van der Waals surface area contributed by atoms with Crippen LogP contribution in [-0.2, 0) is 4.74 Å². The van der Waals surface area contributed by atoms with Gasteiger partial charge in [0.1, 0.15) is 0 Å². The molecule has 1 aromatic rings. The summed E-state index contributed by atoms with van der Waals surface area (Å²) in [5.74, 6) is 0.595. The first kappa shape index (κ1) is 12.1. The topological polar surface area (TPSA) is 21.3 Å². The Morgan fingerprint density at radius 2 is 2.31 bits per heavy atom. The fraction of sp³-hybridized carbons (Fsp3) is 0.538. The number of nitrogens with one attached hydrogen (secondary N) is 1. The van der Waals surface area contributed by atoms with E-state index in [-0.39, 0.29) is 0 Å². The number of halogens is 1. The fourth-order valence-corrected chi connectivity index (χ4v) is 2.79. The average molecular weight is 284 g/mol. The van der Waals surface area contributed by atoms with Crippen LogP contribution in [0.3, 0.4) is 0 Å². The monoisotopic (exact) mass is 283 g/mol. The Hall–Kier alpha value is -0.380. The van der Waals surface area contributed by atoms with Gasteiger partial charge in [-0.15, -0.1) is 0 Å². The van der Waals surface area contributed by atoms with Crippen LogP contribution in [0.15, 0.2) is 22.7 Å². The van der Waals surface area contributed by atoms with Gasteiger partial charge < -0.3 is 10.1 Å². The lowest BCUT2D eigenvalue weighted by Gasteiger charge is -2.24. The van der Waals surface area contributed by atoms with Crippen molar-refractivity contribution >= 4 is 15.9 Å². The van der Waals surface area contributed by atoms with Gasteiger partial charge in [-0.05, 0) is 43.7 Å². The predicted molar refractivity (Wildman–Crippen MR) is 69.6 cm³/mol. The van der Waals surface area contributed by atoms with Gasteiger partial charge in [0.05, 0.1) is 6.61 Å². The summed E-state index contributed by atoms with van der Waals surface area (Å²) in [7, 11) is 2.03. The number of rotatable bonds is 3. The number of hydrogen-bond donors (Lipinski definition) is 1. The molecule has 2 unspecified atom stereocenters. The number of hydrogen-bond acceptors (Lipinski definition) is 2. The molecule has 0 radical (unpaired) electrons. The molecule has 0 spiro atoms. The molecular weight excluding hydrogens is 266 g/mol. The van der Waals surface area contributed by atoms with Crippen LogP contribution >= 0.6 is 15.9 Å². The van der Waals surface area contributed by atoms with Gasteiger partial charge in [0.15, 0.2) is 0 Å². The second-order valence-corrected chi connectivity index (χ2v) is 5.31. The molecular formula is C13H18BrNO. The standard InChI is InChI=1S/C13H18BrNO/c1-9-3-4-11(14)7-12(9)13(15-2)10-5-6-16-8-10/h3-4,7,10,13,15H,5-6,8H2,1-2H3. The lowest BCUT2D eigenvalue weighted by Crippen LogP contribution is -2.26. The summed E-state index contributed by atoms with van der Waals surface area (Å²) in [6, 6.07) is 6.88. The van der Waals surface area contributed by atoms with Gasteiger partial charge in [-0.1, -0.05) is 22.0 Å². The summed E-state index contributed by atoms with van der Waals surface area (Å²) >= 11 is 3.54. The molecule has 0 bridgehead atoms. The summed E-state index contributed by atoms with van der Waals surface area (Å²) < 4.78 is 6.63. The smallest absolute Gasteiger partial charge is 0.0513 e. The van der Waals surface area contributed by atoms with Crippen molar-refractivity contribution in [1.82, 2.24) is 5.32 Å². The van der Waals surface area contributed by atoms with Crippen LogP contribution < -0.4 is 5.32 Å². The van der Waals surface area contributed by atoms with Crippen LogP contribution in [0.25, 0.3) is 0 Å². The van der Waals surface area contributed by atoms with Gasteiger partial charge >= 0.3 is 0 Å². The van der Waals surface area contributed by atoms with E-state index in [1.807, 2.05) is 7.05 Å². The molecule has 1 saturated heterocycles. The normalized spacial score (nSPS) is 22.3. The van der Waals surface area contributed by atoms with E-state index < -0.39 is 0 Å². The average Bonchev–Trinajstić information content (AvgIpc) is 2.78. The maximum Gasteiger partial charge on any atom is 0.0513 e. The zero-order valence-corrected chi connectivity index (χ0v) is 11.4. The van der Waals surface area contributed by atoms with E-state index in [4.69, 9.17) is 4.74 Å². The third-order valence-electron chi connectivity index (χ3n) is 3.32. The minimum absolute atomic E-state index is 0.403. The van der Waals surface area contributed by atoms with Crippen LogP contribution in [0.5, 0.6) is 0 Å². The fourth-order valence-electron chi connectivity index (χ4n) is 2.41. The van der Waals surface area contributed by atoms with Gasteiger partial charge in [-0.2, -0.15) is 0 Å². The lowest BCUT2D eigenvalue weighted by molar-refractivity contribution is 0.177. The molecule has 0 aliphatic carbocycles. The van der Waals surface area contributed by atoms with E-state index >= 15 is 0 Å². The first-order valence-electron chi connectivity index (χ1n) is 5.73. The molecule has 1 aliphatic rings. The van der Waals surface area contributed by atoms with Crippen molar-refractivity contribution in [2.24, 2.45) is 5.92 Å².